The van der Waals surface area contributed by atoms with Crippen LogP contribution in [0, 0.1) is 0 Å². The predicted molar refractivity (Wildman–Crippen MR) is 98.7 cm³/mol. The van der Waals surface area contributed by atoms with Crippen molar-refractivity contribution >= 4 is 56.8 Å². The third-order valence-corrected chi connectivity index (χ3v) is 4.78. The van der Waals surface area contributed by atoms with Crippen molar-refractivity contribution in [3.8, 4) is 10.6 Å². The highest BCUT2D eigenvalue weighted by atomic mass is 35.5. The summed E-state index contributed by atoms with van der Waals surface area (Å²) in [5.41, 5.74) is 2.67. The van der Waals surface area contributed by atoms with Crippen LogP contribution in [-0.4, -0.2) is 26.6 Å². The Kier molecular flexibility index (Phi) is 4.02. The summed E-state index contributed by atoms with van der Waals surface area (Å²) in [6.07, 6.45) is 1.73. The molecule has 0 unspecified atom stereocenters. The Morgan fingerprint density at radius 3 is 2.71 bits per heavy atom. The van der Waals surface area contributed by atoms with Gasteiger partial charge in [-0.2, -0.15) is 5.10 Å². The third-order valence-electron chi connectivity index (χ3n) is 3.36. The van der Waals surface area contributed by atoms with Crippen LogP contribution in [-0.2, 0) is 0 Å². The summed E-state index contributed by atoms with van der Waals surface area (Å²) in [7, 11) is 0. The SMILES string of the molecule is Clc1ccc(/C=N/c2nnc(-c3ccc4c(Cl)[nH]nc4c3)s2)cc1. The number of nitrogens with zero attached hydrogens (tertiary/aromatic N) is 4. The highest BCUT2D eigenvalue weighted by molar-refractivity contribution is 7.18. The molecule has 24 heavy (non-hydrogen) atoms. The molecular weight excluding hydrogens is 365 g/mol. The van der Waals surface area contributed by atoms with E-state index in [-0.39, 0.29) is 0 Å². The van der Waals surface area contributed by atoms with Crippen molar-refractivity contribution in [1.29, 1.82) is 0 Å². The smallest absolute Gasteiger partial charge is 0.231 e. The molecule has 0 fully saturated rings. The molecule has 118 valence electrons. The van der Waals surface area contributed by atoms with Gasteiger partial charge in [0.2, 0.25) is 5.13 Å². The van der Waals surface area contributed by atoms with Gasteiger partial charge in [-0.15, -0.1) is 10.2 Å². The molecule has 0 saturated heterocycles. The van der Waals surface area contributed by atoms with Crippen LogP contribution in [0.3, 0.4) is 0 Å². The summed E-state index contributed by atoms with van der Waals surface area (Å²) < 4.78 is 0. The standard InChI is InChI=1S/C16H9Cl2N5S/c17-11-4-1-9(2-5-11)8-19-16-23-22-15(24-16)10-3-6-12-13(7-10)20-21-14(12)18/h1-8H,(H,20,21)/b19-8+. The molecule has 0 radical (unpaired) electrons. The zero-order chi connectivity index (χ0) is 16.5. The molecule has 2 heterocycles. The van der Waals surface area contributed by atoms with E-state index in [1.807, 2.05) is 42.5 Å². The maximum atomic E-state index is 6.01. The molecule has 2 aromatic heterocycles. The van der Waals surface area contributed by atoms with E-state index in [4.69, 9.17) is 23.2 Å². The van der Waals surface area contributed by atoms with Gasteiger partial charge in [0.25, 0.3) is 0 Å². The normalized spacial score (nSPS) is 11.6. The van der Waals surface area contributed by atoms with Crippen LogP contribution < -0.4 is 0 Å². The van der Waals surface area contributed by atoms with Crippen LogP contribution in [0.1, 0.15) is 5.56 Å². The van der Waals surface area contributed by atoms with Crippen molar-refractivity contribution in [2.45, 2.75) is 0 Å². The van der Waals surface area contributed by atoms with Gasteiger partial charge < -0.3 is 0 Å². The Hall–Kier alpha value is -2.28. The lowest BCUT2D eigenvalue weighted by Gasteiger charge is -1.94. The molecule has 0 aliphatic rings. The molecule has 4 rings (SSSR count). The fourth-order valence-electron chi connectivity index (χ4n) is 2.18. The summed E-state index contributed by atoms with van der Waals surface area (Å²) >= 11 is 13.3. The highest BCUT2D eigenvalue weighted by Crippen LogP contribution is 2.31. The minimum atomic E-state index is 0.530. The lowest BCUT2D eigenvalue weighted by atomic mass is 10.2. The minimum absolute atomic E-state index is 0.530. The van der Waals surface area contributed by atoms with Gasteiger partial charge in [-0.05, 0) is 29.8 Å². The quantitative estimate of drug-likeness (QED) is 0.505. The van der Waals surface area contributed by atoms with Gasteiger partial charge >= 0.3 is 0 Å². The van der Waals surface area contributed by atoms with Crippen LogP contribution in [0.2, 0.25) is 10.2 Å². The molecule has 8 heteroatoms. The number of rotatable bonds is 3. The second-order valence-electron chi connectivity index (χ2n) is 4.97. The fourth-order valence-corrected chi connectivity index (χ4v) is 3.19. The summed E-state index contributed by atoms with van der Waals surface area (Å²) in [5, 5.41) is 18.7. The first-order chi connectivity index (χ1) is 11.7. The number of aliphatic imine (C=N–C) groups is 1. The summed E-state index contributed by atoms with van der Waals surface area (Å²) in [6, 6.07) is 13.2. The largest absolute Gasteiger partial charge is 0.266 e. The number of aromatic nitrogens is 4. The van der Waals surface area contributed by atoms with Crippen LogP contribution >= 0.6 is 34.5 Å². The zero-order valence-electron chi connectivity index (χ0n) is 12.1. The maximum Gasteiger partial charge on any atom is 0.231 e. The molecule has 2 aromatic carbocycles. The van der Waals surface area contributed by atoms with E-state index in [9.17, 15) is 0 Å². The van der Waals surface area contributed by atoms with E-state index in [0.29, 0.717) is 15.3 Å². The summed E-state index contributed by atoms with van der Waals surface area (Å²) in [5.74, 6) is 0. The Bertz CT molecular complexity index is 1040. The first kappa shape index (κ1) is 15.3. The Morgan fingerprint density at radius 2 is 1.88 bits per heavy atom. The van der Waals surface area contributed by atoms with E-state index in [0.717, 1.165) is 27.0 Å². The Morgan fingerprint density at radius 1 is 1.04 bits per heavy atom. The molecule has 0 saturated carbocycles. The van der Waals surface area contributed by atoms with Crippen molar-refractivity contribution < 1.29 is 0 Å². The number of halogens is 2. The first-order valence-corrected chi connectivity index (χ1v) is 8.53. The van der Waals surface area contributed by atoms with Gasteiger partial charge in [-0.25, -0.2) is 4.99 Å². The second kappa shape index (κ2) is 6.32. The van der Waals surface area contributed by atoms with Crippen LogP contribution in [0.4, 0.5) is 5.13 Å². The van der Waals surface area contributed by atoms with Crippen LogP contribution in [0.15, 0.2) is 47.5 Å². The molecular formula is C16H9Cl2N5S. The molecule has 0 atom stereocenters. The second-order valence-corrected chi connectivity index (χ2v) is 6.74. The van der Waals surface area contributed by atoms with Gasteiger partial charge in [0.15, 0.2) is 0 Å². The Balaban J connectivity index is 1.60. The topological polar surface area (TPSA) is 66.8 Å². The van der Waals surface area contributed by atoms with Crippen molar-refractivity contribution in [3.63, 3.8) is 0 Å². The summed E-state index contributed by atoms with van der Waals surface area (Å²) in [6.45, 7) is 0. The number of nitrogens with one attached hydrogen (secondary N) is 1. The maximum absolute atomic E-state index is 6.01. The molecule has 0 aliphatic heterocycles. The average Bonchev–Trinajstić information content (AvgIpc) is 3.21. The minimum Gasteiger partial charge on any atom is -0.266 e. The lowest BCUT2D eigenvalue weighted by molar-refractivity contribution is 1.09. The Labute approximate surface area is 151 Å². The summed E-state index contributed by atoms with van der Waals surface area (Å²) in [4.78, 5) is 4.35. The zero-order valence-corrected chi connectivity index (χ0v) is 14.4. The van der Waals surface area contributed by atoms with Gasteiger partial charge in [0.05, 0.1) is 5.52 Å². The third kappa shape index (κ3) is 3.03. The van der Waals surface area contributed by atoms with Crippen molar-refractivity contribution in [1.82, 2.24) is 20.4 Å². The number of hydrogen-bond acceptors (Lipinski definition) is 5. The molecule has 4 aromatic rings. The van der Waals surface area contributed by atoms with Crippen molar-refractivity contribution in [3.05, 3.63) is 58.2 Å². The van der Waals surface area contributed by atoms with Crippen molar-refractivity contribution in [2.75, 3.05) is 0 Å². The molecule has 5 nitrogen and oxygen atoms in total. The van der Waals surface area contributed by atoms with Gasteiger partial charge in [-0.1, -0.05) is 52.7 Å². The van der Waals surface area contributed by atoms with Crippen LogP contribution in [0.25, 0.3) is 21.5 Å². The van der Waals surface area contributed by atoms with E-state index in [2.05, 4.69) is 25.4 Å². The molecule has 0 bridgehead atoms. The van der Waals surface area contributed by atoms with E-state index < -0.39 is 0 Å². The molecule has 1 N–H and O–H groups in total. The van der Waals surface area contributed by atoms with E-state index in [1.165, 1.54) is 11.3 Å². The van der Waals surface area contributed by atoms with Crippen molar-refractivity contribution in [2.24, 2.45) is 4.99 Å². The number of hydrogen-bond donors (Lipinski definition) is 1. The van der Waals surface area contributed by atoms with Gasteiger partial charge in [-0.3, -0.25) is 5.10 Å². The molecule has 0 amide bonds. The van der Waals surface area contributed by atoms with E-state index in [1.54, 1.807) is 6.21 Å². The number of H-pyrrole nitrogens is 1. The van der Waals surface area contributed by atoms with Crippen LogP contribution in [0.5, 0.6) is 0 Å². The van der Waals surface area contributed by atoms with E-state index >= 15 is 0 Å². The number of fused-ring (bicyclic) bond motifs is 1. The van der Waals surface area contributed by atoms with Gasteiger partial charge in [0, 0.05) is 22.2 Å². The lowest BCUT2D eigenvalue weighted by Crippen LogP contribution is -1.78. The molecule has 0 aliphatic carbocycles. The predicted octanol–water partition coefficient (Wildman–Crippen LogP) is 5.14. The number of aromatic amines is 1. The fraction of sp³-hybridized carbons (Fsp3) is 0. The first-order valence-electron chi connectivity index (χ1n) is 6.96. The van der Waals surface area contributed by atoms with Gasteiger partial charge in [0.1, 0.15) is 10.2 Å². The molecule has 0 spiro atoms. The number of benzene rings is 2. The highest BCUT2D eigenvalue weighted by Gasteiger charge is 2.09. The monoisotopic (exact) mass is 373 g/mol. The average molecular weight is 374 g/mol.